The van der Waals surface area contributed by atoms with E-state index in [0.717, 1.165) is 23.4 Å². The lowest BCUT2D eigenvalue weighted by Gasteiger charge is -2.25. The number of nitrogens with zero attached hydrogens (tertiary/aromatic N) is 1. The highest BCUT2D eigenvalue weighted by Gasteiger charge is 2.22. The second-order valence-electron chi connectivity index (χ2n) is 6.95. The molecule has 2 aromatic rings. The number of aliphatic hydroxyl groups is 1. The fraction of sp³-hybridized carbons (Fsp3) is 0.364. The van der Waals surface area contributed by atoms with Crippen LogP contribution in [-0.4, -0.2) is 36.7 Å². The number of aryl methyl sites for hydroxylation is 1. The maximum Gasteiger partial charge on any atom is 0.230 e. The van der Waals surface area contributed by atoms with Crippen LogP contribution in [0.15, 0.2) is 48.5 Å². The number of nitrogens with one attached hydrogen (secondary N) is 1. The van der Waals surface area contributed by atoms with Gasteiger partial charge in [0.25, 0.3) is 0 Å². The Morgan fingerprint density at radius 3 is 2.75 bits per heavy atom. The molecule has 6 heteroatoms. The number of para-hydroxylation sites is 1. The van der Waals surface area contributed by atoms with Gasteiger partial charge in [0, 0.05) is 36.3 Å². The molecule has 0 saturated carbocycles. The van der Waals surface area contributed by atoms with Crippen LogP contribution in [0, 0.1) is 5.92 Å². The number of benzene rings is 2. The molecular weight excluding hydrogens is 356 g/mol. The molecule has 148 valence electrons. The summed E-state index contributed by atoms with van der Waals surface area (Å²) in [5.41, 5.74) is 2.69. The van der Waals surface area contributed by atoms with Gasteiger partial charge in [-0.15, -0.1) is 0 Å². The number of fused-ring (bicyclic) bond motifs is 1. The maximum absolute atomic E-state index is 12.8. The third-order valence-corrected chi connectivity index (χ3v) is 4.88. The number of amides is 2. The highest BCUT2D eigenvalue weighted by atomic mass is 16.5. The summed E-state index contributed by atoms with van der Waals surface area (Å²) in [7, 11) is 0. The minimum absolute atomic E-state index is 0.0220. The average Bonchev–Trinajstić information content (AvgIpc) is 2.71. The number of ether oxygens (including phenoxy) is 1. The van der Waals surface area contributed by atoms with Gasteiger partial charge in [-0.1, -0.05) is 31.2 Å². The third-order valence-electron chi connectivity index (χ3n) is 4.88. The van der Waals surface area contributed by atoms with Crippen molar-refractivity contribution in [2.75, 3.05) is 30.0 Å². The van der Waals surface area contributed by atoms with Crippen LogP contribution in [-0.2, 0) is 16.0 Å². The highest BCUT2D eigenvalue weighted by Crippen LogP contribution is 2.27. The number of anilines is 2. The molecule has 0 saturated heterocycles. The predicted molar refractivity (Wildman–Crippen MR) is 109 cm³/mol. The number of hydrogen-bond acceptors (Lipinski definition) is 4. The smallest absolute Gasteiger partial charge is 0.230 e. The standard InChI is InChI=1S/C22H26N2O4/c1-16(22(27)24(12-13-25)18-5-3-2-4-6-18)11-14-28-19-9-7-17-8-10-21(26)23-20(17)15-19/h2-7,9,15-16,25H,8,10-14H2,1H3,(H,23,26). The molecule has 0 radical (unpaired) electrons. The summed E-state index contributed by atoms with van der Waals surface area (Å²) in [6, 6.07) is 15.0. The average molecular weight is 382 g/mol. The van der Waals surface area contributed by atoms with Gasteiger partial charge in [-0.2, -0.15) is 0 Å². The zero-order chi connectivity index (χ0) is 19.9. The van der Waals surface area contributed by atoms with Crippen molar-refractivity contribution < 1.29 is 19.4 Å². The van der Waals surface area contributed by atoms with Crippen molar-refractivity contribution in [3.05, 3.63) is 54.1 Å². The second kappa shape index (κ2) is 9.37. The Balaban J connectivity index is 1.56. The Morgan fingerprint density at radius 1 is 1.21 bits per heavy atom. The van der Waals surface area contributed by atoms with Gasteiger partial charge >= 0.3 is 0 Å². The molecule has 28 heavy (non-hydrogen) atoms. The van der Waals surface area contributed by atoms with E-state index in [0.29, 0.717) is 25.2 Å². The van der Waals surface area contributed by atoms with Crippen molar-refractivity contribution in [1.82, 2.24) is 0 Å². The molecule has 1 aliphatic rings. The van der Waals surface area contributed by atoms with E-state index in [1.807, 2.05) is 55.5 Å². The van der Waals surface area contributed by atoms with Crippen molar-refractivity contribution in [3.63, 3.8) is 0 Å². The first kappa shape index (κ1) is 19.9. The van der Waals surface area contributed by atoms with Crippen LogP contribution >= 0.6 is 0 Å². The number of carbonyl (C=O) groups excluding carboxylic acids is 2. The second-order valence-corrected chi connectivity index (χ2v) is 6.95. The summed E-state index contributed by atoms with van der Waals surface area (Å²) in [6.07, 6.45) is 1.81. The third kappa shape index (κ3) is 4.89. The fourth-order valence-corrected chi connectivity index (χ4v) is 3.26. The lowest BCUT2D eigenvalue weighted by Crippen LogP contribution is -2.37. The Bertz CT molecular complexity index is 823. The summed E-state index contributed by atoms with van der Waals surface area (Å²) < 4.78 is 5.80. The van der Waals surface area contributed by atoms with E-state index >= 15 is 0 Å². The molecule has 1 unspecified atom stereocenters. The quantitative estimate of drug-likeness (QED) is 0.736. The lowest BCUT2D eigenvalue weighted by atomic mass is 10.0. The van der Waals surface area contributed by atoms with Crippen molar-refractivity contribution in [1.29, 1.82) is 0 Å². The topological polar surface area (TPSA) is 78.9 Å². The molecule has 0 aliphatic carbocycles. The number of hydrogen-bond donors (Lipinski definition) is 2. The van der Waals surface area contributed by atoms with Crippen LogP contribution in [0.2, 0.25) is 0 Å². The molecule has 1 atom stereocenters. The first-order valence-corrected chi connectivity index (χ1v) is 9.61. The van der Waals surface area contributed by atoms with E-state index in [2.05, 4.69) is 5.32 Å². The van der Waals surface area contributed by atoms with Gasteiger partial charge in [0.1, 0.15) is 5.75 Å². The molecule has 0 aromatic heterocycles. The highest BCUT2D eigenvalue weighted by molar-refractivity contribution is 5.95. The summed E-state index contributed by atoms with van der Waals surface area (Å²) in [5, 5.41) is 12.2. The summed E-state index contributed by atoms with van der Waals surface area (Å²) in [4.78, 5) is 26.0. The zero-order valence-corrected chi connectivity index (χ0v) is 16.1. The molecule has 1 aliphatic heterocycles. The SMILES string of the molecule is CC(CCOc1ccc2c(c1)NC(=O)CC2)C(=O)N(CCO)c1ccccc1. The zero-order valence-electron chi connectivity index (χ0n) is 16.1. The molecule has 2 aromatic carbocycles. The van der Waals surface area contributed by atoms with Gasteiger partial charge in [0.15, 0.2) is 0 Å². The minimum atomic E-state index is -0.246. The van der Waals surface area contributed by atoms with Gasteiger partial charge in [0.05, 0.1) is 13.2 Å². The number of rotatable bonds is 8. The molecule has 2 amide bonds. The van der Waals surface area contributed by atoms with Crippen LogP contribution in [0.25, 0.3) is 0 Å². The largest absolute Gasteiger partial charge is 0.493 e. The summed E-state index contributed by atoms with van der Waals surface area (Å²) in [5.74, 6) is 0.412. The van der Waals surface area contributed by atoms with E-state index in [4.69, 9.17) is 4.74 Å². The van der Waals surface area contributed by atoms with Crippen LogP contribution in [0.1, 0.15) is 25.3 Å². The molecular formula is C22H26N2O4. The van der Waals surface area contributed by atoms with Gasteiger partial charge in [-0.05, 0) is 36.6 Å². The van der Waals surface area contributed by atoms with Crippen LogP contribution in [0.4, 0.5) is 11.4 Å². The molecule has 2 N–H and O–H groups in total. The Labute approximate surface area is 165 Å². The molecule has 6 nitrogen and oxygen atoms in total. The normalized spacial score (nSPS) is 14.0. The van der Waals surface area contributed by atoms with E-state index < -0.39 is 0 Å². The van der Waals surface area contributed by atoms with Crippen molar-refractivity contribution in [3.8, 4) is 5.75 Å². The van der Waals surface area contributed by atoms with Gasteiger partial charge in [-0.3, -0.25) is 9.59 Å². The number of carbonyl (C=O) groups is 2. The molecule has 0 bridgehead atoms. The van der Waals surface area contributed by atoms with Gasteiger partial charge in [-0.25, -0.2) is 0 Å². The lowest BCUT2D eigenvalue weighted by molar-refractivity contribution is -0.122. The Morgan fingerprint density at radius 2 is 2.00 bits per heavy atom. The van der Waals surface area contributed by atoms with Crippen LogP contribution in [0.5, 0.6) is 5.75 Å². The first-order chi connectivity index (χ1) is 13.6. The molecule has 0 spiro atoms. The molecule has 3 rings (SSSR count). The minimum Gasteiger partial charge on any atom is -0.493 e. The maximum atomic E-state index is 12.8. The van der Waals surface area contributed by atoms with E-state index in [1.54, 1.807) is 4.90 Å². The molecule has 1 heterocycles. The Kier molecular flexibility index (Phi) is 6.66. The van der Waals surface area contributed by atoms with E-state index in [1.165, 1.54) is 0 Å². The van der Waals surface area contributed by atoms with E-state index in [-0.39, 0.29) is 30.9 Å². The first-order valence-electron chi connectivity index (χ1n) is 9.61. The number of aliphatic hydroxyl groups excluding tert-OH is 1. The molecule has 0 fully saturated rings. The van der Waals surface area contributed by atoms with Crippen molar-refractivity contribution in [2.24, 2.45) is 5.92 Å². The van der Waals surface area contributed by atoms with Crippen LogP contribution < -0.4 is 15.0 Å². The fourth-order valence-electron chi connectivity index (χ4n) is 3.26. The Hall–Kier alpha value is -2.86. The van der Waals surface area contributed by atoms with Gasteiger partial charge in [0.2, 0.25) is 11.8 Å². The summed E-state index contributed by atoms with van der Waals surface area (Å²) in [6.45, 7) is 2.43. The summed E-state index contributed by atoms with van der Waals surface area (Å²) >= 11 is 0. The van der Waals surface area contributed by atoms with E-state index in [9.17, 15) is 14.7 Å². The van der Waals surface area contributed by atoms with Crippen molar-refractivity contribution >= 4 is 23.2 Å². The van der Waals surface area contributed by atoms with Gasteiger partial charge < -0.3 is 20.1 Å². The van der Waals surface area contributed by atoms with Crippen molar-refractivity contribution in [2.45, 2.75) is 26.2 Å². The van der Waals surface area contributed by atoms with Crippen LogP contribution in [0.3, 0.4) is 0 Å². The monoisotopic (exact) mass is 382 g/mol. The predicted octanol–water partition coefficient (Wildman–Crippen LogP) is 3.00.